The van der Waals surface area contributed by atoms with Gasteiger partial charge in [-0.25, -0.2) is 0 Å². The zero-order valence-electron chi connectivity index (χ0n) is 10.8. The normalized spacial score (nSPS) is 18.3. The van der Waals surface area contributed by atoms with Gasteiger partial charge in [0.2, 0.25) is 0 Å². The first-order chi connectivity index (χ1) is 8.74. The topological polar surface area (TPSA) is 38.5 Å². The second kappa shape index (κ2) is 6.16. The number of benzene rings is 1. The smallest absolute Gasteiger partial charge is 0.124 e. The number of likely N-dealkylation sites (tertiary alicyclic amines) is 1. The van der Waals surface area contributed by atoms with Gasteiger partial charge in [-0.15, -0.1) is 0 Å². The Bertz CT molecular complexity index is 416. The number of ether oxygens (including phenoxy) is 1. The van der Waals surface area contributed by atoms with Gasteiger partial charge in [0.25, 0.3) is 0 Å². The van der Waals surface area contributed by atoms with Crippen LogP contribution in [0.3, 0.4) is 0 Å². The predicted molar refractivity (Wildman–Crippen MR) is 77.9 cm³/mol. The highest BCUT2D eigenvalue weighted by molar-refractivity contribution is 7.80. The van der Waals surface area contributed by atoms with Crippen molar-refractivity contribution in [1.82, 2.24) is 4.90 Å². The first-order valence-corrected chi connectivity index (χ1v) is 6.81. The fraction of sp³-hybridized carbons (Fsp3) is 0.500. The summed E-state index contributed by atoms with van der Waals surface area (Å²) in [6.07, 6.45) is 3.73. The van der Waals surface area contributed by atoms with Gasteiger partial charge < -0.3 is 10.5 Å². The molecule has 0 aromatic heterocycles. The van der Waals surface area contributed by atoms with Crippen LogP contribution in [0.25, 0.3) is 0 Å². The zero-order valence-corrected chi connectivity index (χ0v) is 11.6. The molecule has 2 N–H and O–H groups in total. The third-order valence-corrected chi connectivity index (χ3v) is 3.68. The van der Waals surface area contributed by atoms with E-state index in [0.717, 1.165) is 24.4 Å². The lowest BCUT2D eigenvalue weighted by molar-refractivity contribution is 0.200. The fourth-order valence-corrected chi connectivity index (χ4v) is 2.87. The van der Waals surface area contributed by atoms with Crippen molar-refractivity contribution in [3.63, 3.8) is 0 Å². The molecule has 0 aliphatic carbocycles. The molecule has 1 aliphatic heterocycles. The molecular formula is C14H20N2OS. The molecule has 0 radical (unpaired) electrons. The summed E-state index contributed by atoms with van der Waals surface area (Å²) in [6, 6.07) is 7.99. The van der Waals surface area contributed by atoms with Crippen LogP contribution in [0.4, 0.5) is 0 Å². The summed E-state index contributed by atoms with van der Waals surface area (Å²) in [5, 5.41) is 0. The summed E-state index contributed by atoms with van der Waals surface area (Å²) in [7, 11) is 1.69. The van der Waals surface area contributed by atoms with E-state index in [2.05, 4.69) is 11.0 Å². The molecule has 2 rings (SSSR count). The van der Waals surface area contributed by atoms with Crippen molar-refractivity contribution in [2.45, 2.75) is 25.3 Å². The van der Waals surface area contributed by atoms with Crippen LogP contribution >= 0.6 is 12.2 Å². The van der Waals surface area contributed by atoms with Crippen molar-refractivity contribution in [2.75, 3.05) is 20.2 Å². The summed E-state index contributed by atoms with van der Waals surface area (Å²) in [5.74, 6) is 0.862. The zero-order chi connectivity index (χ0) is 13.0. The Morgan fingerprint density at radius 1 is 1.28 bits per heavy atom. The number of methoxy groups -OCH3 is 1. The van der Waals surface area contributed by atoms with Crippen molar-refractivity contribution in [2.24, 2.45) is 5.73 Å². The van der Waals surface area contributed by atoms with Gasteiger partial charge in [-0.2, -0.15) is 0 Å². The number of para-hydroxylation sites is 1. The van der Waals surface area contributed by atoms with Gasteiger partial charge in [0, 0.05) is 5.56 Å². The molecule has 4 heteroatoms. The van der Waals surface area contributed by atoms with Crippen molar-refractivity contribution in [3.8, 4) is 5.75 Å². The number of hydrogen-bond acceptors (Lipinski definition) is 3. The van der Waals surface area contributed by atoms with Crippen LogP contribution < -0.4 is 10.5 Å². The molecule has 1 aromatic rings. The van der Waals surface area contributed by atoms with Crippen LogP contribution in [0.2, 0.25) is 0 Å². The Kier molecular flexibility index (Phi) is 4.55. The number of nitrogens with zero attached hydrogens (tertiary/aromatic N) is 1. The van der Waals surface area contributed by atoms with Crippen molar-refractivity contribution >= 4 is 17.2 Å². The van der Waals surface area contributed by atoms with E-state index in [9.17, 15) is 0 Å². The average Bonchev–Trinajstić information content (AvgIpc) is 2.40. The van der Waals surface area contributed by atoms with Gasteiger partial charge in [-0.05, 0) is 32.0 Å². The molecule has 1 aromatic carbocycles. The van der Waals surface area contributed by atoms with Gasteiger partial charge >= 0.3 is 0 Å². The number of piperidine rings is 1. The lowest BCUT2D eigenvalue weighted by Crippen LogP contribution is -2.40. The minimum Gasteiger partial charge on any atom is -0.496 e. The highest BCUT2D eigenvalue weighted by Gasteiger charge is 2.26. The molecule has 0 bridgehead atoms. The van der Waals surface area contributed by atoms with Crippen LogP contribution in [0, 0.1) is 0 Å². The second-order valence-electron chi connectivity index (χ2n) is 4.64. The SMILES string of the molecule is COc1ccccc1C(C(N)=S)N1CCCCC1. The molecule has 3 nitrogen and oxygen atoms in total. The highest BCUT2D eigenvalue weighted by Crippen LogP contribution is 2.31. The molecule has 18 heavy (non-hydrogen) atoms. The Labute approximate surface area is 114 Å². The first kappa shape index (κ1) is 13.3. The monoisotopic (exact) mass is 264 g/mol. The summed E-state index contributed by atoms with van der Waals surface area (Å²) >= 11 is 5.27. The van der Waals surface area contributed by atoms with Crippen LogP contribution in [0.15, 0.2) is 24.3 Å². The van der Waals surface area contributed by atoms with E-state index >= 15 is 0 Å². The van der Waals surface area contributed by atoms with Crippen LogP contribution in [-0.2, 0) is 0 Å². The van der Waals surface area contributed by atoms with Crippen LogP contribution in [-0.4, -0.2) is 30.1 Å². The summed E-state index contributed by atoms with van der Waals surface area (Å²) in [4.78, 5) is 2.89. The van der Waals surface area contributed by atoms with Crippen LogP contribution in [0.1, 0.15) is 30.9 Å². The second-order valence-corrected chi connectivity index (χ2v) is 5.11. The van der Waals surface area contributed by atoms with Crippen molar-refractivity contribution in [1.29, 1.82) is 0 Å². The maximum Gasteiger partial charge on any atom is 0.124 e. The number of rotatable bonds is 4. The van der Waals surface area contributed by atoms with Gasteiger partial charge in [0.1, 0.15) is 5.75 Å². The quantitative estimate of drug-likeness (QED) is 0.848. The number of thiocarbonyl (C=S) groups is 1. The number of hydrogen-bond donors (Lipinski definition) is 1. The lowest BCUT2D eigenvalue weighted by Gasteiger charge is -2.34. The Morgan fingerprint density at radius 3 is 2.56 bits per heavy atom. The largest absolute Gasteiger partial charge is 0.496 e. The van der Waals surface area contributed by atoms with Crippen LogP contribution in [0.5, 0.6) is 5.75 Å². The molecule has 1 heterocycles. The van der Waals surface area contributed by atoms with Gasteiger partial charge in [-0.1, -0.05) is 36.8 Å². The summed E-state index contributed by atoms with van der Waals surface area (Å²) in [6.45, 7) is 2.11. The Morgan fingerprint density at radius 2 is 1.94 bits per heavy atom. The van der Waals surface area contributed by atoms with E-state index in [1.165, 1.54) is 19.3 Å². The highest BCUT2D eigenvalue weighted by atomic mass is 32.1. The number of nitrogens with two attached hydrogens (primary N) is 1. The third-order valence-electron chi connectivity index (χ3n) is 3.46. The van der Waals surface area contributed by atoms with Gasteiger partial charge in [0.05, 0.1) is 18.1 Å². The molecule has 1 atom stereocenters. The Hall–Kier alpha value is -1.13. The van der Waals surface area contributed by atoms with E-state index in [-0.39, 0.29) is 6.04 Å². The molecule has 0 amide bonds. The van der Waals surface area contributed by atoms with E-state index in [1.54, 1.807) is 7.11 Å². The molecule has 0 spiro atoms. The van der Waals surface area contributed by atoms with Crippen molar-refractivity contribution < 1.29 is 4.74 Å². The van der Waals surface area contributed by atoms with Gasteiger partial charge in [-0.3, -0.25) is 4.90 Å². The lowest BCUT2D eigenvalue weighted by atomic mass is 10.0. The standard InChI is InChI=1S/C14H20N2OS/c1-17-12-8-4-3-7-11(12)13(14(15)18)16-9-5-2-6-10-16/h3-4,7-8,13H,2,5-6,9-10H2,1H3,(H2,15,18). The molecule has 1 aliphatic rings. The summed E-state index contributed by atoms with van der Waals surface area (Å²) < 4.78 is 5.43. The van der Waals surface area contributed by atoms with E-state index in [1.807, 2.05) is 18.2 Å². The van der Waals surface area contributed by atoms with E-state index in [0.29, 0.717) is 4.99 Å². The maximum absolute atomic E-state index is 5.96. The molecule has 1 fully saturated rings. The first-order valence-electron chi connectivity index (χ1n) is 6.40. The molecular weight excluding hydrogens is 244 g/mol. The van der Waals surface area contributed by atoms with Crippen molar-refractivity contribution in [3.05, 3.63) is 29.8 Å². The maximum atomic E-state index is 5.96. The fourth-order valence-electron chi connectivity index (χ4n) is 2.60. The summed E-state index contributed by atoms with van der Waals surface area (Å²) in [5.41, 5.74) is 7.04. The van der Waals surface area contributed by atoms with Gasteiger partial charge in [0.15, 0.2) is 0 Å². The van der Waals surface area contributed by atoms with E-state index in [4.69, 9.17) is 22.7 Å². The molecule has 1 unspecified atom stereocenters. The minimum atomic E-state index is -0.00329. The molecule has 98 valence electrons. The molecule has 0 saturated carbocycles. The average molecular weight is 264 g/mol. The molecule has 1 saturated heterocycles. The minimum absolute atomic E-state index is 0.00329. The predicted octanol–water partition coefficient (Wildman–Crippen LogP) is 2.51. The third kappa shape index (κ3) is 2.82. The van der Waals surface area contributed by atoms with E-state index < -0.39 is 0 Å². The Balaban J connectivity index is 2.31.